The third-order valence-electron chi connectivity index (χ3n) is 6.82. The SMILES string of the molecule is Cc1cc2c3ccccc3n(C)c2c(C2CCC2)c1-n1ccnc1-c1ccccc1. The lowest BCUT2D eigenvalue weighted by atomic mass is 9.77. The highest BCUT2D eigenvalue weighted by Gasteiger charge is 2.29. The summed E-state index contributed by atoms with van der Waals surface area (Å²) >= 11 is 0. The highest BCUT2D eigenvalue weighted by Crippen LogP contribution is 2.46. The summed E-state index contributed by atoms with van der Waals surface area (Å²) in [5.74, 6) is 1.62. The third kappa shape index (κ3) is 2.41. The van der Waals surface area contributed by atoms with E-state index in [9.17, 15) is 0 Å². The van der Waals surface area contributed by atoms with Crippen molar-refractivity contribution in [3.05, 3.63) is 84.2 Å². The molecule has 0 amide bonds. The van der Waals surface area contributed by atoms with Gasteiger partial charge in [0.15, 0.2) is 0 Å². The Morgan fingerprint density at radius 2 is 1.70 bits per heavy atom. The van der Waals surface area contributed by atoms with Gasteiger partial charge in [-0.05, 0) is 43.4 Å². The number of imidazole rings is 1. The molecule has 0 bridgehead atoms. The summed E-state index contributed by atoms with van der Waals surface area (Å²) in [7, 11) is 2.22. The van der Waals surface area contributed by atoms with Gasteiger partial charge in [0.05, 0.1) is 11.2 Å². The first-order valence-corrected chi connectivity index (χ1v) is 10.8. The number of hydrogen-bond donors (Lipinski definition) is 0. The number of fused-ring (bicyclic) bond motifs is 3. The van der Waals surface area contributed by atoms with E-state index in [1.165, 1.54) is 57.9 Å². The number of para-hydroxylation sites is 1. The van der Waals surface area contributed by atoms with Crippen LogP contribution in [-0.4, -0.2) is 14.1 Å². The molecule has 2 heterocycles. The maximum atomic E-state index is 4.75. The summed E-state index contributed by atoms with van der Waals surface area (Å²) in [6, 6.07) is 21.7. The van der Waals surface area contributed by atoms with Crippen molar-refractivity contribution < 1.29 is 0 Å². The van der Waals surface area contributed by atoms with Crippen LogP contribution in [0.1, 0.15) is 36.3 Å². The minimum atomic E-state index is 0.608. The van der Waals surface area contributed by atoms with Crippen LogP contribution < -0.4 is 0 Å². The molecule has 2 aromatic heterocycles. The molecule has 5 aromatic rings. The van der Waals surface area contributed by atoms with Crippen molar-refractivity contribution in [1.29, 1.82) is 0 Å². The van der Waals surface area contributed by atoms with E-state index < -0.39 is 0 Å². The van der Waals surface area contributed by atoms with Crippen LogP contribution in [0.15, 0.2) is 73.1 Å². The van der Waals surface area contributed by atoms with Gasteiger partial charge in [-0.2, -0.15) is 0 Å². The maximum Gasteiger partial charge on any atom is 0.144 e. The van der Waals surface area contributed by atoms with Crippen molar-refractivity contribution >= 4 is 21.8 Å². The Morgan fingerprint density at radius 1 is 0.933 bits per heavy atom. The van der Waals surface area contributed by atoms with E-state index in [0.717, 1.165) is 11.4 Å². The van der Waals surface area contributed by atoms with Crippen LogP contribution in [0, 0.1) is 6.92 Å². The van der Waals surface area contributed by atoms with Gasteiger partial charge in [0.1, 0.15) is 5.82 Å². The Balaban J connectivity index is 1.72. The van der Waals surface area contributed by atoms with Gasteiger partial charge >= 0.3 is 0 Å². The zero-order valence-corrected chi connectivity index (χ0v) is 17.5. The second-order valence-corrected chi connectivity index (χ2v) is 8.54. The van der Waals surface area contributed by atoms with E-state index in [1.807, 2.05) is 6.20 Å². The fourth-order valence-electron chi connectivity index (χ4n) is 5.19. The summed E-state index contributed by atoms with van der Waals surface area (Å²) in [4.78, 5) is 4.75. The van der Waals surface area contributed by atoms with Gasteiger partial charge in [0.2, 0.25) is 0 Å². The van der Waals surface area contributed by atoms with E-state index in [1.54, 1.807) is 0 Å². The predicted molar refractivity (Wildman–Crippen MR) is 124 cm³/mol. The fourth-order valence-corrected chi connectivity index (χ4v) is 5.19. The second-order valence-electron chi connectivity index (χ2n) is 8.54. The first-order valence-electron chi connectivity index (χ1n) is 10.8. The number of aromatic nitrogens is 3. The number of nitrogens with zero attached hydrogens (tertiary/aromatic N) is 3. The molecule has 3 nitrogen and oxygen atoms in total. The minimum Gasteiger partial charge on any atom is -0.343 e. The molecule has 0 atom stereocenters. The Hall–Kier alpha value is -3.33. The molecule has 1 fully saturated rings. The molecule has 3 heteroatoms. The lowest BCUT2D eigenvalue weighted by Crippen LogP contribution is -2.15. The molecule has 0 saturated heterocycles. The molecule has 1 aliphatic rings. The summed E-state index contributed by atoms with van der Waals surface area (Å²) in [5, 5.41) is 2.72. The van der Waals surface area contributed by atoms with Crippen LogP contribution in [0.4, 0.5) is 0 Å². The molecule has 3 aromatic carbocycles. The van der Waals surface area contributed by atoms with Gasteiger partial charge in [0.25, 0.3) is 0 Å². The largest absolute Gasteiger partial charge is 0.343 e. The summed E-state index contributed by atoms with van der Waals surface area (Å²) in [6.45, 7) is 2.26. The Labute approximate surface area is 176 Å². The summed E-state index contributed by atoms with van der Waals surface area (Å²) < 4.78 is 4.72. The highest BCUT2D eigenvalue weighted by atomic mass is 15.1. The third-order valence-corrected chi connectivity index (χ3v) is 6.82. The van der Waals surface area contributed by atoms with Crippen molar-refractivity contribution in [2.45, 2.75) is 32.1 Å². The molecule has 0 N–H and O–H groups in total. The topological polar surface area (TPSA) is 22.8 Å². The average Bonchev–Trinajstić information content (AvgIpc) is 3.31. The van der Waals surface area contributed by atoms with Crippen LogP contribution in [0.3, 0.4) is 0 Å². The lowest BCUT2D eigenvalue weighted by molar-refractivity contribution is 0.420. The smallest absolute Gasteiger partial charge is 0.144 e. The van der Waals surface area contributed by atoms with E-state index in [-0.39, 0.29) is 0 Å². The Morgan fingerprint density at radius 3 is 2.47 bits per heavy atom. The number of aryl methyl sites for hydroxylation is 2. The van der Waals surface area contributed by atoms with E-state index in [4.69, 9.17) is 4.98 Å². The van der Waals surface area contributed by atoms with Crippen molar-refractivity contribution in [3.63, 3.8) is 0 Å². The fraction of sp³-hybridized carbons (Fsp3) is 0.222. The zero-order chi connectivity index (χ0) is 20.2. The first kappa shape index (κ1) is 17.5. The Kier molecular flexibility index (Phi) is 3.85. The summed E-state index contributed by atoms with van der Waals surface area (Å²) in [6.07, 6.45) is 7.91. The molecular weight excluding hydrogens is 366 g/mol. The summed E-state index contributed by atoms with van der Waals surface area (Å²) in [5.41, 5.74) is 7.96. The van der Waals surface area contributed by atoms with Gasteiger partial charge < -0.3 is 4.57 Å². The van der Waals surface area contributed by atoms with Crippen molar-refractivity contribution in [1.82, 2.24) is 14.1 Å². The van der Waals surface area contributed by atoms with Gasteiger partial charge in [-0.25, -0.2) is 4.98 Å². The second kappa shape index (κ2) is 6.60. The van der Waals surface area contributed by atoms with Crippen molar-refractivity contribution in [2.75, 3.05) is 0 Å². The van der Waals surface area contributed by atoms with Crippen molar-refractivity contribution in [3.8, 4) is 17.1 Å². The molecule has 0 radical (unpaired) electrons. The minimum absolute atomic E-state index is 0.608. The quantitative estimate of drug-likeness (QED) is 0.333. The number of rotatable bonds is 3. The molecule has 30 heavy (non-hydrogen) atoms. The van der Waals surface area contributed by atoms with Crippen LogP contribution in [-0.2, 0) is 7.05 Å². The van der Waals surface area contributed by atoms with E-state index >= 15 is 0 Å². The molecule has 1 saturated carbocycles. The molecule has 6 rings (SSSR count). The standard InChI is InChI=1S/C27H25N3/c1-18-17-22-21-13-6-7-14-23(21)29(2)26(22)24(19-11-8-12-19)25(18)30-16-15-28-27(30)20-9-4-3-5-10-20/h3-7,9-10,13-17,19H,8,11-12H2,1-2H3. The van der Waals surface area contributed by atoms with Gasteiger partial charge in [-0.3, -0.25) is 4.57 Å². The number of hydrogen-bond acceptors (Lipinski definition) is 1. The van der Waals surface area contributed by atoms with Gasteiger partial charge in [-0.1, -0.05) is 55.0 Å². The van der Waals surface area contributed by atoms with E-state index in [0.29, 0.717) is 5.92 Å². The van der Waals surface area contributed by atoms with Crippen LogP contribution in [0.25, 0.3) is 38.9 Å². The van der Waals surface area contributed by atoms with Gasteiger partial charge in [0, 0.05) is 46.9 Å². The maximum absolute atomic E-state index is 4.75. The van der Waals surface area contributed by atoms with Crippen molar-refractivity contribution in [2.24, 2.45) is 7.05 Å². The molecule has 0 aliphatic heterocycles. The van der Waals surface area contributed by atoms with Crippen LogP contribution in [0.5, 0.6) is 0 Å². The average molecular weight is 392 g/mol. The number of benzene rings is 3. The normalized spacial score (nSPS) is 14.5. The van der Waals surface area contributed by atoms with Crippen LogP contribution in [0.2, 0.25) is 0 Å². The molecule has 0 spiro atoms. The Bertz CT molecular complexity index is 1380. The predicted octanol–water partition coefficient (Wildman–Crippen LogP) is 6.76. The first-order chi connectivity index (χ1) is 14.7. The molecule has 1 aliphatic carbocycles. The molecule has 148 valence electrons. The van der Waals surface area contributed by atoms with E-state index in [2.05, 4.69) is 90.0 Å². The molecule has 0 unspecified atom stereocenters. The zero-order valence-electron chi connectivity index (χ0n) is 17.5. The highest BCUT2D eigenvalue weighted by molar-refractivity contribution is 6.10. The molecular formula is C27H25N3. The monoisotopic (exact) mass is 391 g/mol. The lowest BCUT2D eigenvalue weighted by Gasteiger charge is -2.30. The van der Waals surface area contributed by atoms with Gasteiger partial charge in [-0.15, -0.1) is 0 Å². The van der Waals surface area contributed by atoms with Crippen LogP contribution >= 0.6 is 0 Å².